The predicted octanol–water partition coefficient (Wildman–Crippen LogP) is 2.27. The Hall–Kier alpha value is -2.41. The maximum Gasteiger partial charge on any atom is 0.331 e. The average Bonchev–Trinajstić information content (AvgIpc) is 2.45. The number of aliphatic hydroxyl groups excluding tert-OH is 1. The van der Waals surface area contributed by atoms with E-state index in [0.29, 0.717) is 6.42 Å². The van der Waals surface area contributed by atoms with Gasteiger partial charge in [0.1, 0.15) is 0 Å². The molecule has 7 heteroatoms. The molecule has 0 atom stereocenters. The molecule has 0 spiro atoms. The van der Waals surface area contributed by atoms with Crippen molar-refractivity contribution in [2.45, 2.75) is 39.5 Å². The molecule has 0 aliphatic heterocycles. The van der Waals surface area contributed by atoms with Crippen LogP contribution >= 0.6 is 0 Å². The fourth-order valence-electron chi connectivity index (χ4n) is 1.33. The summed E-state index contributed by atoms with van der Waals surface area (Å²) in [6.07, 6.45) is 5.68. The van der Waals surface area contributed by atoms with Gasteiger partial charge in [-0.05, 0) is 12.8 Å². The number of rotatable bonds is 9. The van der Waals surface area contributed by atoms with E-state index in [1.54, 1.807) is 0 Å². The number of carbonyl (C=O) groups excluding carboxylic acids is 1. The van der Waals surface area contributed by atoms with Crippen LogP contribution in [0.3, 0.4) is 0 Å². The number of aliphatic carboxylic acids is 2. The Morgan fingerprint density at radius 3 is 1.78 bits per heavy atom. The Labute approximate surface area is 135 Å². The Balaban J connectivity index is 0. The van der Waals surface area contributed by atoms with Crippen molar-refractivity contribution in [2.24, 2.45) is 0 Å². The number of esters is 1. The third kappa shape index (κ3) is 14.3. The van der Waals surface area contributed by atoms with Crippen LogP contribution in [-0.4, -0.2) is 39.8 Å². The topological polar surface area (TPSA) is 121 Å². The first-order valence-corrected chi connectivity index (χ1v) is 7.05. The van der Waals surface area contributed by atoms with Gasteiger partial charge in [-0.1, -0.05) is 32.1 Å². The van der Waals surface area contributed by atoms with Gasteiger partial charge in [0.25, 0.3) is 0 Å². The molecule has 0 aliphatic rings. The van der Waals surface area contributed by atoms with E-state index in [0.717, 1.165) is 19.1 Å². The zero-order valence-electron chi connectivity index (χ0n) is 13.4. The molecule has 0 heterocycles. The van der Waals surface area contributed by atoms with E-state index in [1.165, 1.54) is 19.1 Å². The van der Waals surface area contributed by atoms with Crippen LogP contribution in [0.2, 0.25) is 0 Å². The van der Waals surface area contributed by atoms with Gasteiger partial charge in [-0.25, -0.2) is 9.59 Å². The Kier molecular flexibility index (Phi) is 14.4. The fraction of sp³-hybridized carbons (Fsp3) is 0.438. The number of ether oxygens (including phenoxy) is 1. The second kappa shape index (κ2) is 14.5. The first kappa shape index (κ1) is 22.9. The maximum atomic E-state index is 10.9. The molecule has 0 bridgehead atoms. The summed E-state index contributed by atoms with van der Waals surface area (Å²) in [4.78, 5) is 31.3. The van der Waals surface area contributed by atoms with Crippen molar-refractivity contribution in [3.63, 3.8) is 0 Å². The number of carboxylic acids is 2. The number of unbranched alkanes of at least 4 members (excludes halogenated alkanes) is 1. The van der Waals surface area contributed by atoms with Crippen LogP contribution in [0.4, 0.5) is 0 Å². The molecule has 0 aliphatic carbocycles. The Bertz CT molecular complexity index is 461. The van der Waals surface area contributed by atoms with E-state index < -0.39 is 11.9 Å². The van der Waals surface area contributed by atoms with Crippen molar-refractivity contribution in [2.75, 3.05) is 6.61 Å². The Morgan fingerprint density at radius 2 is 1.52 bits per heavy atom. The molecule has 3 N–H and O–H groups in total. The van der Waals surface area contributed by atoms with Crippen molar-refractivity contribution in [3.8, 4) is 0 Å². The van der Waals surface area contributed by atoms with E-state index in [1.807, 2.05) is 6.92 Å². The van der Waals surface area contributed by atoms with Gasteiger partial charge in [-0.2, -0.15) is 0 Å². The number of allylic oxidation sites excluding steroid dienone is 2. The molecule has 23 heavy (non-hydrogen) atoms. The normalized spacial score (nSPS) is 11.1. The minimum atomic E-state index is -1.14. The predicted molar refractivity (Wildman–Crippen MR) is 84.6 cm³/mol. The minimum absolute atomic E-state index is 0.00254. The van der Waals surface area contributed by atoms with Crippen LogP contribution in [0.15, 0.2) is 36.1 Å². The van der Waals surface area contributed by atoms with Crippen molar-refractivity contribution in [1.29, 1.82) is 0 Å². The summed E-state index contributed by atoms with van der Waals surface area (Å²) in [7, 11) is 0. The molecule has 0 radical (unpaired) electrons. The van der Waals surface area contributed by atoms with Crippen molar-refractivity contribution in [1.82, 2.24) is 0 Å². The van der Waals surface area contributed by atoms with Crippen LogP contribution in [0.5, 0.6) is 0 Å². The number of carboxylic acid groups (broad SMARTS) is 2. The number of hydrogen-bond acceptors (Lipinski definition) is 5. The van der Waals surface area contributed by atoms with Gasteiger partial charge in [0.2, 0.25) is 0 Å². The summed E-state index contributed by atoms with van der Waals surface area (Å²) in [6, 6.07) is 0. The molecule has 0 aromatic carbocycles. The molecule has 0 fully saturated rings. The lowest BCUT2D eigenvalue weighted by Crippen LogP contribution is -2.04. The van der Waals surface area contributed by atoms with Crippen LogP contribution in [0.25, 0.3) is 0 Å². The lowest BCUT2D eigenvalue weighted by Gasteiger charge is -2.00. The van der Waals surface area contributed by atoms with Gasteiger partial charge in [0, 0.05) is 31.1 Å². The highest BCUT2D eigenvalue weighted by Gasteiger charge is 2.08. The van der Waals surface area contributed by atoms with Crippen LogP contribution < -0.4 is 0 Å². The van der Waals surface area contributed by atoms with Crippen LogP contribution in [0.1, 0.15) is 39.5 Å². The van der Waals surface area contributed by atoms with Crippen molar-refractivity contribution < 1.29 is 34.4 Å². The molecule has 0 rings (SSSR count). The Morgan fingerprint density at radius 1 is 1.04 bits per heavy atom. The smallest absolute Gasteiger partial charge is 0.331 e. The molecule has 7 nitrogen and oxygen atoms in total. The third-order valence-corrected chi connectivity index (χ3v) is 2.47. The van der Waals surface area contributed by atoms with E-state index in [4.69, 9.17) is 15.3 Å². The zero-order valence-corrected chi connectivity index (χ0v) is 13.4. The number of carbonyl (C=O) groups is 3. The highest BCUT2D eigenvalue weighted by atomic mass is 16.5. The maximum absolute atomic E-state index is 10.9. The van der Waals surface area contributed by atoms with Gasteiger partial charge < -0.3 is 20.1 Å². The van der Waals surface area contributed by atoms with Crippen LogP contribution in [0, 0.1) is 0 Å². The van der Waals surface area contributed by atoms with Gasteiger partial charge in [-0.15, -0.1) is 0 Å². The molecular formula is C16H24O7. The van der Waals surface area contributed by atoms with E-state index >= 15 is 0 Å². The van der Waals surface area contributed by atoms with Gasteiger partial charge in [0.15, 0.2) is 0 Å². The van der Waals surface area contributed by atoms with Gasteiger partial charge in [0.05, 0.1) is 6.26 Å². The second-order valence-corrected chi connectivity index (χ2v) is 4.35. The van der Waals surface area contributed by atoms with E-state index in [2.05, 4.69) is 11.3 Å². The minimum Gasteiger partial charge on any atom is -0.478 e. The van der Waals surface area contributed by atoms with Crippen molar-refractivity contribution >= 4 is 17.9 Å². The van der Waals surface area contributed by atoms with Gasteiger partial charge in [-0.3, -0.25) is 4.79 Å². The molecule has 0 aromatic rings. The summed E-state index contributed by atoms with van der Waals surface area (Å²) in [5.41, 5.74) is 0.186. The zero-order chi connectivity index (χ0) is 18.3. The highest BCUT2D eigenvalue weighted by Crippen LogP contribution is 2.10. The first-order valence-electron chi connectivity index (χ1n) is 7.05. The summed E-state index contributed by atoms with van der Waals surface area (Å²) in [6.45, 7) is 6.15. The molecule has 0 amide bonds. The molecule has 0 saturated heterocycles. The number of hydrogen-bond donors (Lipinski definition) is 3. The quantitative estimate of drug-likeness (QED) is 0.257. The molecule has 0 unspecified atom stereocenters. The van der Waals surface area contributed by atoms with E-state index in [9.17, 15) is 14.4 Å². The first-order chi connectivity index (χ1) is 10.8. The van der Waals surface area contributed by atoms with E-state index in [-0.39, 0.29) is 30.1 Å². The SMILES string of the molecule is C=COC(C)=O.CCCCC(=CC=C(CCO)C(=O)O)C(=O)O. The average molecular weight is 328 g/mol. The summed E-state index contributed by atoms with van der Waals surface area (Å²) in [5, 5.41) is 26.3. The lowest BCUT2D eigenvalue weighted by atomic mass is 10.1. The molecule has 0 saturated carbocycles. The third-order valence-electron chi connectivity index (χ3n) is 2.47. The summed E-state index contributed by atoms with van der Waals surface area (Å²) in [5.74, 6) is -2.51. The van der Waals surface area contributed by atoms with Crippen molar-refractivity contribution in [3.05, 3.63) is 36.1 Å². The lowest BCUT2D eigenvalue weighted by molar-refractivity contribution is -0.135. The molecular weight excluding hydrogens is 304 g/mol. The summed E-state index contributed by atoms with van der Waals surface area (Å²) >= 11 is 0. The molecule has 130 valence electrons. The van der Waals surface area contributed by atoms with Gasteiger partial charge >= 0.3 is 17.9 Å². The summed E-state index contributed by atoms with van der Waals surface area (Å²) < 4.78 is 4.17. The van der Waals surface area contributed by atoms with Crippen LogP contribution in [-0.2, 0) is 19.1 Å². The standard InChI is InChI=1S/C12H18O5.C4H6O2/c1-2-3-4-9(11(14)15)5-6-10(7-8-13)12(16)17;1-3-6-4(2)5/h5-6,13H,2-4,7-8H2,1H3,(H,14,15)(H,16,17);3H,1H2,2H3. The molecule has 0 aromatic heterocycles. The fourth-order valence-corrected chi connectivity index (χ4v) is 1.33. The largest absolute Gasteiger partial charge is 0.478 e. The number of aliphatic hydroxyl groups is 1. The second-order valence-electron chi connectivity index (χ2n) is 4.35. The monoisotopic (exact) mass is 328 g/mol. The highest BCUT2D eigenvalue weighted by molar-refractivity contribution is 5.89.